The van der Waals surface area contributed by atoms with Gasteiger partial charge in [-0.3, -0.25) is 0 Å². The van der Waals surface area contributed by atoms with E-state index in [0.29, 0.717) is 5.92 Å². The molecule has 3 atom stereocenters. The second-order valence-corrected chi connectivity index (χ2v) is 5.98. The minimum atomic E-state index is -0.672. The number of aliphatic hydroxyl groups excluding tert-OH is 1. The zero-order valence-corrected chi connectivity index (χ0v) is 11.5. The Morgan fingerprint density at radius 3 is 2.53 bits per heavy atom. The molecule has 0 saturated carbocycles. The lowest BCUT2D eigenvalue weighted by Gasteiger charge is -2.28. The van der Waals surface area contributed by atoms with Gasteiger partial charge in [0.05, 0.1) is 11.7 Å². The highest BCUT2D eigenvalue weighted by molar-refractivity contribution is 5.07. The molecule has 2 N–H and O–H groups in total. The van der Waals surface area contributed by atoms with Crippen LogP contribution in [0.4, 0.5) is 0 Å². The molecule has 0 aromatic rings. The van der Waals surface area contributed by atoms with E-state index >= 15 is 0 Å². The zero-order valence-electron chi connectivity index (χ0n) is 11.5. The third-order valence-electron chi connectivity index (χ3n) is 3.52. The van der Waals surface area contributed by atoms with Crippen LogP contribution in [0.3, 0.4) is 0 Å². The molecule has 0 saturated heterocycles. The van der Waals surface area contributed by atoms with Crippen molar-refractivity contribution >= 4 is 0 Å². The first kappa shape index (κ1) is 14.5. The van der Waals surface area contributed by atoms with Gasteiger partial charge in [0, 0.05) is 5.92 Å². The van der Waals surface area contributed by atoms with E-state index in [0.717, 1.165) is 19.3 Å². The Kier molecular flexibility index (Phi) is 4.96. The van der Waals surface area contributed by atoms with Crippen LogP contribution in [-0.2, 0) is 0 Å². The maximum atomic E-state index is 10.1. The van der Waals surface area contributed by atoms with E-state index in [1.54, 1.807) is 0 Å². The number of aliphatic hydroxyl groups is 2. The van der Waals surface area contributed by atoms with Gasteiger partial charge >= 0.3 is 0 Å². The topological polar surface area (TPSA) is 40.5 Å². The SMILES string of the molecule is C/C1=C\[C@H](O)C[C@@H](C)/C=C/[C@@H](C(C)(C)O)CC1. The van der Waals surface area contributed by atoms with E-state index in [2.05, 4.69) is 26.0 Å². The molecule has 0 bridgehead atoms. The van der Waals surface area contributed by atoms with Crippen LogP contribution in [0.2, 0.25) is 0 Å². The molecule has 0 aliphatic heterocycles. The van der Waals surface area contributed by atoms with Gasteiger partial charge in [-0.1, -0.05) is 30.7 Å². The molecule has 0 aromatic heterocycles. The van der Waals surface area contributed by atoms with Crippen molar-refractivity contribution in [3.63, 3.8) is 0 Å². The first-order chi connectivity index (χ1) is 7.79. The third kappa shape index (κ3) is 5.05. The van der Waals surface area contributed by atoms with Crippen molar-refractivity contribution in [3.05, 3.63) is 23.8 Å². The Labute approximate surface area is 105 Å². The van der Waals surface area contributed by atoms with Crippen LogP contribution in [0, 0.1) is 11.8 Å². The van der Waals surface area contributed by atoms with Gasteiger partial charge in [0.2, 0.25) is 0 Å². The molecule has 0 aromatic carbocycles. The first-order valence-electron chi connectivity index (χ1n) is 6.55. The van der Waals surface area contributed by atoms with Crippen molar-refractivity contribution in [1.29, 1.82) is 0 Å². The van der Waals surface area contributed by atoms with Gasteiger partial charge in [-0.05, 0) is 46.0 Å². The molecule has 0 amide bonds. The van der Waals surface area contributed by atoms with E-state index in [9.17, 15) is 10.2 Å². The summed E-state index contributed by atoms with van der Waals surface area (Å²) in [5.74, 6) is 0.528. The summed E-state index contributed by atoms with van der Waals surface area (Å²) in [5.41, 5.74) is 0.545. The summed E-state index contributed by atoms with van der Waals surface area (Å²) in [4.78, 5) is 0. The summed E-state index contributed by atoms with van der Waals surface area (Å²) < 4.78 is 0. The molecule has 1 aliphatic carbocycles. The Bertz CT molecular complexity index is 297. The number of allylic oxidation sites excluding steroid dienone is 2. The van der Waals surface area contributed by atoms with Gasteiger partial charge in [0.15, 0.2) is 0 Å². The third-order valence-corrected chi connectivity index (χ3v) is 3.52. The fraction of sp³-hybridized carbons (Fsp3) is 0.733. The predicted molar refractivity (Wildman–Crippen MR) is 71.7 cm³/mol. The molecule has 2 nitrogen and oxygen atoms in total. The Morgan fingerprint density at radius 1 is 1.29 bits per heavy atom. The molecule has 0 unspecified atom stereocenters. The molecular weight excluding hydrogens is 212 g/mol. The van der Waals surface area contributed by atoms with Crippen molar-refractivity contribution in [2.45, 2.75) is 58.7 Å². The second-order valence-electron chi connectivity index (χ2n) is 5.98. The van der Waals surface area contributed by atoms with Crippen molar-refractivity contribution < 1.29 is 10.2 Å². The van der Waals surface area contributed by atoms with E-state index in [-0.39, 0.29) is 12.0 Å². The standard InChI is InChI=1S/C15H26O2/c1-11-5-7-13(15(3,4)17)8-6-12(2)10-14(16)9-11/h5,7,10-11,13-14,16-17H,6,8-9H2,1-4H3/b7-5+,12-10+/t11-,13+,14+/m0/s1. The summed E-state index contributed by atoms with van der Waals surface area (Å²) in [6.45, 7) is 7.89. The van der Waals surface area contributed by atoms with E-state index < -0.39 is 5.60 Å². The molecule has 0 radical (unpaired) electrons. The van der Waals surface area contributed by atoms with Crippen molar-refractivity contribution in [1.82, 2.24) is 0 Å². The van der Waals surface area contributed by atoms with E-state index in [1.165, 1.54) is 5.57 Å². The summed E-state index contributed by atoms with van der Waals surface area (Å²) in [7, 11) is 0. The second kappa shape index (κ2) is 5.83. The van der Waals surface area contributed by atoms with Crippen molar-refractivity contribution in [2.75, 3.05) is 0 Å². The minimum absolute atomic E-state index is 0.184. The molecule has 0 fully saturated rings. The lowest BCUT2D eigenvalue weighted by molar-refractivity contribution is 0.0335. The van der Waals surface area contributed by atoms with Gasteiger partial charge in [0.25, 0.3) is 0 Å². The monoisotopic (exact) mass is 238 g/mol. The van der Waals surface area contributed by atoms with Crippen LogP contribution < -0.4 is 0 Å². The van der Waals surface area contributed by atoms with Crippen molar-refractivity contribution in [2.24, 2.45) is 11.8 Å². The lowest BCUT2D eigenvalue weighted by Crippen LogP contribution is -2.29. The molecule has 0 spiro atoms. The largest absolute Gasteiger partial charge is 0.390 e. The Morgan fingerprint density at radius 2 is 1.94 bits per heavy atom. The Balaban J connectivity index is 2.83. The maximum absolute atomic E-state index is 10.1. The highest BCUT2D eigenvalue weighted by atomic mass is 16.3. The van der Waals surface area contributed by atoms with Crippen LogP contribution in [0.1, 0.15) is 47.0 Å². The smallest absolute Gasteiger partial charge is 0.0728 e. The minimum Gasteiger partial charge on any atom is -0.390 e. The van der Waals surface area contributed by atoms with Crippen LogP contribution in [-0.4, -0.2) is 21.9 Å². The number of rotatable bonds is 1. The quantitative estimate of drug-likeness (QED) is 0.689. The summed E-state index contributed by atoms with van der Waals surface area (Å²) in [6, 6.07) is 0. The van der Waals surface area contributed by atoms with Gasteiger partial charge in [-0.2, -0.15) is 0 Å². The molecule has 0 heterocycles. The van der Waals surface area contributed by atoms with Crippen LogP contribution >= 0.6 is 0 Å². The average molecular weight is 238 g/mol. The summed E-state index contributed by atoms with van der Waals surface area (Å²) in [6.07, 6.45) is 8.49. The molecule has 2 heteroatoms. The highest BCUT2D eigenvalue weighted by Crippen LogP contribution is 2.27. The number of hydrogen-bond donors (Lipinski definition) is 2. The maximum Gasteiger partial charge on any atom is 0.0728 e. The zero-order chi connectivity index (χ0) is 13.1. The average Bonchev–Trinajstić information content (AvgIpc) is 2.14. The highest BCUT2D eigenvalue weighted by Gasteiger charge is 2.24. The van der Waals surface area contributed by atoms with E-state index in [1.807, 2.05) is 19.9 Å². The molecule has 1 aliphatic rings. The lowest BCUT2D eigenvalue weighted by atomic mass is 9.83. The van der Waals surface area contributed by atoms with Gasteiger partial charge in [-0.15, -0.1) is 0 Å². The van der Waals surface area contributed by atoms with Crippen LogP contribution in [0.5, 0.6) is 0 Å². The normalized spacial score (nSPS) is 37.1. The van der Waals surface area contributed by atoms with Gasteiger partial charge < -0.3 is 10.2 Å². The van der Waals surface area contributed by atoms with Gasteiger partial charge in [0.1, 0.15) is 0 Å². The number of hydrogen-bond acceptors (Lipinski definition) is 2. The van der Waals surface area contributed by atoms with Gasteiger partial charge in [-0.25, -0.2) is 0 Å². The molecule has 1 rings (SSSR count). The molecule has 17 heavy (non-hydrogen) atoms. The van der Waals surface area contributed by atoms with E-state index in [4.69, 9.17) is 0 Å². The predicted octanol–water partition coefficient (Wildman–Crippen LogP) is 3.06. The van der Waals surface area contributed by atoms with Crippen LogP contribution in [0.25, 0.3) is 0 Å². The Hall–Kier alpha value is -0.600. The summed E-state index contributed by atoms with van der Waals surface area (Å²) >= 11 is 0. The fourth-order valence-corrected chi connectivity index (χ4v) is 2.33. The van der Waals surface area contributed by atoms with Crippen molar-refractivity contribution in [3.8, 4) is 0 Å². The first-order valence-corrected chi connectivity index (χ1v) is 6.55. The molecule has 98 valence electrons. The summed E-state index contributed by atoms with van der Waals surface area (Å²) in [5, 5.41) is 20.0. The van der Waals surface area contributed by atoms with Crippen LogP contribution in [0.15, 0.2) is 23.8 Å². The molecular formula is C15H26O2. The fourth-order valence-electron chi connectivity index (χ4n) is 2.33.